The summed E-state index contributed by atoms with van der Waals surface area (Å²) in [6.07, 6.45) is 4.97. The van der Waals surface area contributed by atoms with Gasteiger partial charge in [0.1, 0.15) is 0 Å². The van der Waals surface area contributed by atoms with Crippen molar-refractivity contribution in [3.8, 4) is 0 Å². The third kappa shape index (κ3) is 8.75. The van der Waals surface area contributed by atoms with Crippen molar-refractivity contribution in [2.75, 3.05) is 23.3 Å². The quantitative estimate of drug-likeness (QED) is 0.369. The summed E-state index contributed by atoms with van der Waals surface area (Å²) in [5.41, 5.74) is 0. The number of nitrogens with one attached hydrogen (secondary N) is 1. The number of alkyl halides is 1. The summed E-state index contributed by atoms with van der Waals surface area (Å²) in [6, 6.07) is 0. The van der Waals surface area contributed by atoms with Gasteiger partial charge in [0.25, 0.3) is 0 Å². The Balaban J connectivity index is 3.34. The minimum absolute atomic E-state index is 0.252. The maximum Gasteiger partial charge on any atom is 0.153 e. The lowest BCUT2D eigenvalue weighted by Crippen LogP contribution is -2.27. The highest BCUT2D eigenvalue weighted by molar-refractivity contribution is 14.1. The second kappa shape index (κ2) is 9.65. The van der Waals surface area contributed by atoms with Gasteiger partial charge in [-0.15, -0.1) is 0 Å². The van der Waals surface area contributed by atoms with Gasteiger partial charge in [-0.1, -0.05) is 35.4 Å². The van der Waals surface area contributed by atoms with Gasteiger partial charge in [-0.3, -0.25) is 0 Å². The fourth-order valence-electron chi connectivity index (χ4n) is 1.27. The van der Waals surface area contributed by atoms with Crippen LogP contribution in [0.1, 0.15) is 39.5 Å². The zero-order valence-electron chi connectivity index (χ0n) is 10.3. The molecule has 0 unspecified atom stereocenters. The van der Waals surface area contributed by atoms with Crippen molar-refractivity contribution in [1.82, 2.24) is 5.32 Å². The first kappa shape index (κ1) is 16.6. The monoisotopic (exact) mass is 361 g/mol. The Morgan fingerprint density at radius 3 is 2.25 bits per heavy atom. The maximum absolute atomic E-state index is 11.5. The van der Waals surface area contributed by atoms with E-state index in [2.05, 4.69) is 27.9 Å². The van der Waals surface area contributed by atoms with Gasteiger partial charge in [-0.05, 0) is 37.7 Å². The molecule has 0 radical (unpaired) electrons. The van der Waals surface area contributed by atoms with Gasteiger partial charge in [0.15, 0.2) is 9.84 Å². The molecule has 0 aromatic heterocycles. The van der Waals surface area contributed by atoms with E-state index in [4.69, 9.17) is 0 Å². The molecule has 0 amide bonds. The largest absolute Gasteiger partial charge is 0.316 e. The third-order valence-electron chi connectivity index (χ3n) is 2.52. The van der Waals surface area contributed by atoms with E-state index >= 15 is 0 Å². The average molecular weight is 361 g/mol. The van der Waals surface area contributed by atoms with Crippen LogP contribution in [0.15, 0.2) is 0 Å². The normalized spacial score (nSPS) is 12.2. The Labute approximate surface area is 114 Å². The average Bonchev–Trinajstić information content (AvgIpc) is 2.21. The Morgan fingerprint density at radius 1 is 1.06 bits per heavy atom. The number of unbranched alkanes of at least 4 members (excludes halogenated alkanes) is 3. The van der Waals surface area contributed by atoms with Gasteiger partial charge in [0, 0.05) is 6.54 Å². The summed E-state index contributed by atoms with van der Waals surface area (Å²) in [6.45, 7) is 5.00. The second-order valence-corrected chi connectivity index (χ2v) is 8.02. The maximum atomic E-state index is 11.5. The summed E-state index contributed by atoms with van der Waals surface area (Å²) in [5, 5.41) is 2.94. The van der Waals surface area contributed by atoms with Crippen LogP contribution in [0.3, 0.4) is 0 Å². The van der Waals surface area contributed by atoms with Gasteiger partial charge < -0.3 is 5.32 Å². The van der Waals surface area contributed by atoms with Crippen LogP contribution in [0.25, 0.3) is 0 Å². The van der Waals surface area contributed by atoms with Gasteiger partial charge in [0.2, 0.25) is 0 Å². The molecule has 3 nitrogen and oxygen atoms in total. The zero-order chi connectivity index (χ0) is 12.4. The molecule has 0 heterocycles. The Morgan fingerprint density at radius 2 is 1.69 bits per heavy atom. The predicted octanol–water partition coefficient (Wildman–Crippen LogP) is 2.39. The molecule has 0 aliphatic carbocycles. The summed E-state index contributed by atoms with van der Waals surface area (Å²) in [7, 11) is -2.86. The minimum Gasteiger partial charge on any atom is -0.316 e. The van der Waals surface area contributed by atoms with E-state index in [0.717, 1.165) is 13.0 Å². The summed E-state index contributed by atoms with van der Waals surface area (Å²) < 4.78 is 24.2. The van der Waals surface area contributed by atoms with Gasteiger partial charge in [-0.2, -0.15) is 0 Å². The van der Waals surface area contributed by atoms with Gasteiger partial charge >= 0.3 is 0 Å². The molecule has 98 valence electrons. The van der Waals surface area contributed by atoms with Crippen molar-refractivity contribution >= 4 is 32.4 Å². The molecule has 0 aliphatic rings. The van der Waals surface area contributed by atoms with Crippen LogP contribution in [0, 0.1) is 0 Å². The Hall–Kier alpha value is 0.640. The molecular formula is C11H24INO2S. The lowest BCUT2D eigenvalue weighted by Gasteiger charge is -2.08. The molecule has 0 aromatic carbocycles. The van der Waals surface area contributed by atoms with Gasteiger partial charge in [0.05, 0.1) is 11.0 Å². The lowest BCUT2D eigenvalue weighted by molar-refractivity contribution is 0.576. The molecule has 0 saturated heterocycles. The highest BCUT2D eigenvalue weighted by Gasteiger charge is 2.14. The van der Waals surface area contributed by atoms with E-state index in [-0.39, 0.29) is 11.0 Å². The van der Waals surface area contributed by atoms with E-state index in [1.165, 1.54) is 23.7 Å². The summed E-state index contributed by atoms with van der Waals surface area (Å²) in [5.74, 6) is 0.262. The van der Waals surface area contributed by atoms with Crippen LogP contribution < -0.4 is 5.32 Å². The first-order chi connectivity index (χ1) is 7.50. The molecule has 1 N–H and O–H groups in total. The van der Waals surface area contributed by atoms with E-state index in [1.54, 1.807) is 13.8 Å². The van der Waals surface area contributed by atoms with Gasteiger partial charge in [-0.25, -0.2) is 8.42 Å². The lowest BCUT2D eigenvalue weighted by atomic mass is 10.2. The first-order valence-corrected chi connectivity index (χ1v) is 9.23. The standard InChI is InChI=1S/C11H24INO2S/c1-11(2)16(14,15)10-9-13-8-6-4-3-5-7-12/h11,13H,3-10H2,1-2H3. The molecule has 5 heteroatoms. The highest BCUT2D eigenvalue weighted by atomic mass is 127. The van der Waals surface area contributed by atoms with E-state index in [9.17, 15) is 8.42 Å². The van der Waals surface area contributed by atoms with Crippen LogP contribution in [-0.4, -0.2) is 36.9 Å². The van der Waals surface area contributed by atoms with Crippen LogP contribution in [0.4, 0.5) is 0 Å². The minimum atomic E-state index is -2.86. The summed E-state index contributed by atoms with van der Waals surface area (Å²) >= 11 is 2.39. The topological polar surface area (TPSA) is 46.2 Å². The SMILES string of the molecule is CC(C)S(=O)(=O)CCNCCCCCCI. The van der Waals surface area contributed by atoms with Crippen molar-refractivity contribution in [1.29, 1.82) is 0 Å². The van der Waals surface area contributed by atoms with Crippen molar-refractivity contribution in [2.24, 2.45) is 0 Å². The zero-order valence-corrected chi connectivity index (χ0v) is 13.3. The molecule has 0 bridgehead atoms. The van der Waals surface area contributed by atoms with E-state index < -0.39 is 9.84 Å². The second-order valence-electron chi connectivity index (χ2n) is 4.27. The highest BCUT2D eigenvalue weighted by Crippen LogP contribution is 2.02. The molecule has 0 spiro atoms. The number of hydrogen-bond acceptors (Lipinski definition) is 3. The number of sulfone groups is 1. The molecular weight excluding hydrogens is 337 g/mol. The third-order valence-corrected chi connectivity index (χ3v) is 5.49. The molecule has 0 aromatic rings. The van der Waals surface area contributed by atoms with Crippen molar-refractivity contribution in [3.63, 3.8) is 0 Å². The van der Waals surface area contributed by atoms with Crippen molar-refractivity contribution in [3.05, 3.63) is 0 Å². The molecule has 0 saturated carbocycles. The van der Waals surface area contributed by atoms with Crippen molar-refractivity contribution in [2.45, 2.75) is 44.8 Å². The molecule has 0 atom stereocenters. The fourth-order valence-corrected chi connectivity index (χ4v) is 2.71. The predicted molar refractivity (Wildman–Crippen MR) is 79.1 cm³/mol. The Kier molecular flexibility index (Phi) is 10.0. The molecule has 0 rings (SSSR count). The Bertz CT molecular complexity index is 253. The number of hydrogen-bond donors (Lipinski definition) is 1. The van der Waals surface area contributed by atoms with Crippen LogP contribution >= 0.6 is 22.6 Å². The molecule has 0 fully saturated rings. The number of rotatable bonds is 10. The van der Waals surface area contributed by atoms with Crippen LogP contribution in [-0.2, 0) is 9.84 Å². The first-order valence-electron chi connectivity index (χ1n) is 5.99. The van der Waals surface area contributed by atoms with Crippen LogP contribution in [0.5, 0.6) is 0 Å². The molecule has 0 aliphatic heterocycles. The fraction of sp³-hybridized carbons (Fsp3) is 1.00. The van der Waals surface area contributed by atoms with Crippen molar-refractivity contribution < 1.29 is 8.42 Å². The van der Waals surface area contributed by atoms with Crippen LogP contribution in [0.2, 0.25) is 0 Å². The van der Waals surface area contributed by atoms with E-state index in [1.807, 2.05) is 0 Å². The summed E-state index contributed by atoms with van der Waals surface area (Å²) in [4.78, 5) is 0. The van der Waals surface area contributed by atoms with E-state index in [0.29, 0.717) is 6.54 Å². The smallest absolute Gasteiger partial charge is 0.153 e. The molecule has 16 heavy (non-hydrogen) atoms. The number of halogens is 1.